The number of halogens is 1. The third-order valence-corrected chi connectivity index (χ3v) is 3.97. The fourth-order valence-corrected chi connectivity index (χ4v) is 2.84. The minimum absolute atomic E-state index is 0.104. The molecule has 1 heterocycles. The number of benzene rings is 1. The van der Waals surface area contributed by atoms with Gasteiger partial charge in [-0.3, -0.25) is 4.79 Å². The number of hydrogen-bond donors (Lipinski definition) is 1. The van der Waals surface area contributed by atoms with Crippen molar-refractivity contribution < 1.29 is 9.21 Å². The predicted molar refractivity (Wildman–Crippen MR) is 70.9 cm³/mol. The van der Waals surface area contributed by atoms with Crippen LogP contribution in [0.2, 0.25) is 5.02 Å². The molecule has 18 heavy (non-hydrogen) atoms. The Kier molecular flexibility index (Phi) is 2.68. The van der Waals surface area contributed by atoms with Crippen LogP contribution in [0.3, 0.4) is 0 Å². The van der Waals surface area contributed by atoms with Gasteiger partial charge in [0, 0.05) is 5.39 Å². The van der Waals surface area contributed by atoms with Crippen LogP contribution in [-0.4, -0.2) is 11.3 Å². The van der Waals surface area contributed by atoms with Crippen LogP contribution in [0.25, 0.3) is 11.0 Å². The fourth-order valence-electron chi connectivity index (χ4n) is 2.62. The van der Waals surface area contributed by atoms with Crippen molar-refractivity contribution in [2.24, 2.45) is 5.73 Å². The van der Waals surface area contributed by atoms with Gasteiger partial charge in [0.15, 0.2) is 11.3 Å². The summed E-state index contributed by atoms with van der Waals surface area (Å²) in [6.45, 7) is 0. The highest BCUT2D eigenvalue weighted by Crippen LogP contribution is 2.33. The van der Waals surface area contributed by atoms with E-state index in [0.717, 1.165) is 31.1 Å². The Balaban J connectivity index is 2.04. The Morgan fingerprint density at radius 1 is 1.33 bits per heavy atom. The van der Waals surface area contributed by atoms with Crippen molar-refractivity contribution in [1.29, 1.82) is 0 Å². The van der Waals surface area contributed by atoms with Gasteiger partial charge in [0.05, 0.1) is 10.6 Å². The van der Waals surface area contributed by atoms with Crippen LogP contribution < -0.4 is 5.73 Å². The van der Waals surface area contributed by atoms with E-state index in [2.05, 4.69) is 0 Å². The minimum Gasteiger partial charge on any atom is -0.451 e. The monoisotopic (exact) mass is 263 g/mol. The van der Waals surface area contributed by atoms with Crippen molar-refractivity contribution in [3.05, 3.63) is 35.0 Å². The molecule has 1 aliphatic carbocycles. The molecule has 2 aromatic rings. The Morgan fingerprint density at radius 3 is 2.72 bits per heavy atom. The molecule has 0 spiro atoms. The van der Waals surface area contributed by atoms with Crippen molar-refractivity contribution >= 4 is 28.4 Å². The number of carbonyl (C=O) groups excluding carboxylic acids is 1. The lowest BCUT2D eigenvalue weighted by atomic mass is 9.92. The molecule has 0 radical (unpaired) electrons. The van der Waals surface area contributed by atoms with E-state index in [4.69, 9.17) is 21.8 Å². The van der Waals surface area contributed by atoms with Crippen LogP contribution in [-0.2, 0) is 0 Å². The summed E-state index contributed by atoms with van der Waals surface area (Å²) in [4.78, 5) is 12.4. The summed E-state index contributed by atoms with van der Waals surface area (Å²) < 4.78 is 5.58. The maximum absolute atomic E-state index is 12.4. The summed E-state index contributed by atoms with van der Waals surface area (Å²) in [6.07, 6.45) is 3.47. The second kappa shape index (κ2) is 4.11. The molecule has 94 valence electrons. The lowest BCUT2D eigenvalue weighted by Gasteiger charge is -2.19. The van der Waals surface area contributed by atoms with Crippen molar-refractivity contribution in [3.63, 3.8) is 0 Å². The lowest BCUT2D eigenvalue weighted by Crippen LogP contribution is -2.45. The summed E-state index contributed by atoms with van der Waals surface area (Å²) in [5, 5.41) is 1.36. The predicted octanol–water partition coefficient (Wildman–Crippen LogP) is 3.54. The fraction of sp³-hybridized carbons (Fsp3) is 0.357. The highest BCUT2D eigenvalue weighted by molar-refractivity contribution is 6.34. The van der Waals surface area contributed by atoms with Crippen molar-refractivity contribution in [2.45, 2.75) is 31.2 Å². The largest absolute Gasteiger partial charge is 0.451 e. The molecule has 1 aromatic carbocycles. The van der Waals surface area contributed by atoms with Crippen LogP contribution >= 0.6 is 11.6 Å². The Bertz CT molecular complexity index is 611. The molecule has 0 atom stereocenters. The SMILES string of the molecule is NC1(C(=O)c2cc3cccc(Cl)c3o2)CCCC1. The third kappa shape index (κ3) is 1.74. The minimum atomic E-state index is -0.750. The summed E-state index contributed by atoms with van der Waals surface area (Å²) in [6, 6.07) is 7.19. The zero-order valence-electron chi connectivity index (χ0n) is 9.91. The van der Waals surface area contributed by atoms with Gasteiger partial charge >= 0.3 is 0 Å². The first-order valence-corrected chi connectivity index (χ1v) is 6.50. The summed E-state index contributed by atoms with van der Waals surface area (Å²) in [7, 11) is 0. The standard InChI is InChI=1S/C14H14ClNO2/c15-10-5-3-4-9-8-11(18-12(9)10)13(17)14(16)6-1-2-7-14/h3-5,8H,1-2,6-7,16H2. The van der Waals surface area contributed by atoms with E-state index in [1.807, 2.05) is 12.1 Å². The normalized spacial score (nSPS) is 18.3. The molecule has 2 N–H and O–H groups in total. The highest BCUT2D eigenvalue weighted by atomic mass is 35.5. The van der Waals surface area contributed by atoms with Crippen molar-refractivity contribution in [2.75, 3.05) is 0 Å². The van der Waals surface area contributed by atoms with Gasteiger partial charge < -0.3 is 10.2 Å². The number of fused-ring (bicyclic) bond motifs is 1. The van der Waals surface area contributed by atoms with E-state index >= 15 is 0 Å². The van der Waals surface area contributed by atoms with Gasteiger partial charge in [0.25, 0.3) is 0 Å². The maximum Gasteiger partial charge on any atom is 0.217 e. The molecule has 3 rings (SSSR count). The molecule has 4 heteroatoms. The molecule has 0 amide bonds. The summed E-state index contributed by atoms with van der Waals surface area (Å²) in [5.74, 6) is 0.217. The van der Waals surface area contributed by atoms with E-state index in [-0.39, 0.29) is 5.78 Å². The molecule has 1 saturated carbocycles. The number of para-hydroxylation sites is 1. The van der Waals surface area contributed by atoms with Crippen LogP contribution in [0.5, 0.6) is 0 Å². The number of ketones is 1. The van der Waals surface area contributed by atoms with Crippen molar-refractivity contribution in [3.8, 4) is 0 Å². The number of furan rings is 1. The molecule has 1 aliphatic rings. The number of nitrogens with two attached hydrogens (primary N) is 1. The average molecular weight is 264 g/mol. The van der Waals surface area contributed by atoms with Crippen LogP contribution in [0.4, 0.5) is 0 Å². The molecule has 1 fully saturated rings. The molecule has 3 nitrogen and oxygen atoms in total. The van der Waals surface area contributed by atoms with Crippen molar-refractivity contribution in [1.82, 2.24) is 0 Å². The van der Waals surface area contributed by atoms with Gasteiger partial charge in [-0.2, -0.15) is 0 Å². The average Bonchev–Trinajstić information content (AvgIpc) is 2.96. The Morgan fingerprint density at radius 2 is 2.06 bits per heavy atom. The lowest BCUT2D eigenvalue weighted by molar-refractivity contribution is 0.0865. The van der Waals surface area contributed by atoms with E-state index in [1.165, 1.54) is 0 Å². The first-order chi connectivity index (χ1) is 8.60. The molecule has 1 aromatic heterocycles. The van der Waals surface area contributed by atoms with Crippen LogP contribution in [0.15, 0.2) is 28.7 Å². The first kappa shape index (κ1) is 11.8. The molecular weight excluding hydrogens is 250 g/mol. The van der Waals surface area contributed by atoms with Crippen LogP contribution in [0.1, 0.15) is 36.2 Å². The number of carbonyl (C=O) groups is 1. The third-order valence-electron chi connectivity index (χ3n) is 3.67. The first-order valence-electron chi connectivity index (χ1n) is 6.12. The van der Waals surface area contributed by atoms with Gasteiger partial charge in [-0.1, -0.05) is 36.6 Å². The van der Waals surface area contributed by atoms with Crippen LogP contribution in [0, 0.1) is 0 Å². The smallest absolute Gasteiger partial charge is 0.217 e. The van der Waals surface area contributed by atoms with E-state index in [9.17, 15) is 4.79 Å². The van der Waals surface area contributed by atoms with Gasteiger partial charge in [0.2, 0.25) is 5.78 Å². The Hall–Kier alpha value is -1.32. The zero-order valence-corrected chi connectivity index (χ0v) is 10.7. The van der Waals surface area contributed by atoms with E-state index < -0.39 is 5.54 Å². The van der Waals surface area contributed by atoms with E-state index in [1.54, 1.807) is 12.1 Å². The Labute approximate surface area is 110 Å². The topological polar surface area (TPSA) is 56.2 Å². The van der Waals surface area contributed by atoms with Gasteiger partial charge in [-0.25, -0.2) is 0 Å². The number of Topliss-reactive ketones (excluding diaryl/α,β-unsaturated/α-hetero) is 1. The molecule has 0 unspecified atom stereocenters. The number of hydrogen-bond acceptors (Lipinski definition) is 3. The molecule has 0 aliphatic heterocycles. The highest BCUT2D eigenvalue weighted by Gasteiger charge is 2.39. The van der Waals surface area contributed by atoms with Gasteiger partial charge in [-0.05, 0) is 25.0 Å². The zero-order chi connectivity index (χ0) is 12.8. The van der Waals surface area contributed by atoms with Gasteiger partial charge in [0.1, 0.15) is 0 Å². The molecular formula is C14H14ClNO2. The maximum atomic E-state index is 12.4. The second-order valence-electron chi connectivity index (χ2n) is 4.96. The summed E-state index contributed by atoms with van der Waals surface area (Å²) in [5.41, 5.74) is 5.96. The molecule has 0 saturated heterocycles. The molecule has 0 bridgehead atoms. The number of rotatable bonds is 2. The van der Waals surface area contributed by atoms with E-state index in [0.29, 0.717) is 16.4 Å². The summed E-state index contributed by atoms with van der Waals surface area (Å²) >= 11 is 6.03. The second-order valence-corrected chi connectivity index (χ2v) is 5.37. The quantitative estimate of drug-likeness (QED) is 0.843. The van der Waals surface area contributed by atoms with Gasteiger partial charge in [-0.15, -0.1) is 0 Å².